The highest BCUT2D eigenvalue weighted by atomic mass is 35.5. The van der Waals surface area contributed by atoms with E-state index in [4.69, 9.17) is 11.6 Å². The van der Waals surface area contributed by atoms with Crippen LogP contribution in [0.15, 0.2) is 53.7 Å². The Morgan fingerprint density at radius 1 is 1.19 bits per heavy atom. The number of hydrogen-bond donors (Lipinski definition) is 1. The molecule has 0 fully saturated rings. The number of pyridine rings is 1. The van der Waals surface area contributed by atoms with Gasteiger partial charge in [0.15, 0.2) is 0 Å². The van der Waals surface area contributed by atoms with Gasteiger partial charge in [-0.3, -0.25) is 0 Å². The third kappa shape index (κ3) is 4.00. The molecule has 0 aliphatic rings. The summed E-state index contributed by atoms with van der Waals surface area (Å²) in [6.07, 6.45) is -1.08. The second-order valence-electron chi connectivity index (χ2n) is 5.48. The van der Waals surface area contributed by atoms with Crippen LogP contribution in [0.25, 0.3) is 5.65 Å². The van der Waals surface area contributed by atoms with Gasteiger partial charge in [0.1, 0.15) is 5.65 Å². The maximum absolute atomic E-state index is 13.1. The fourth-order valence-electron chi connectivity index (χ4n) is 2.46. The molecule has 0 unspecified atom stereocenters. The summed E-state index contributed by atoms with van der Waals surface area (Å²) in [5.41, 5.74) is 0.0127. The summed E-state index contributed by atoms with van der Waals surface area (Å²) < 4.78 is 67.8. The van der Waals surface area contributed by atoms with Crippen molar-refractivity contribution in [3.63, 3.8) is 0 Å². The Kier molecular flexibility index (Phi) is 4.96. The first-order chi connectivity index (χ1) is 12.2. The standard InChI is InChI=1S/C16H13ClF3N3O2S/c17-11-4-5-14(13(9-11)16(18,19)20)26(24,25)21-7-6-12-10-23-8-2-1-3-15(23)22-12/h1-5,8-10,21H,6-7H2. The van der Waals surface area contributed by atoms with Gasteiger partial charge in [0.25, 0.3) is 0 Å². The molecule has 5 nitrogen and oxygen atoms in total. The summed E-state index contributed by atoms with van der Waals surface area (Å²) in [6.45, 7) is -0.0911. The van der Waals surface area contributed by atoms with Crippen molar-refractivity contribution in [1.29, 1.82) is 0 Å². The maximum atomic E-state index is 13.1. The van der Waals surface area contributed by atoms with E-state index in [2.05, 4.69) is 9.71 Å². The number of benzene rings is 1. The Bertz CT molecular complexity index is 1020. The highest BCUT2D eigenvalue weighted by molar-refractivity contribution is 7.89. The van der Waals surface area contributed by atoms with Gasteiger partial charge in [-0.15, -0.1) is 0 Å². The molecule has 2 heterocycles. The number of aromatic nitrogens is 2. The zero-order chi connectivity index (χ0) is 18.9. The molecule has 3 rings (SSSR count). The molecule has 0 radical (unpaired) electrons. The molecule has 0 aliphatic heterocycles. The Morgan fingerprint density at radius 2 is 1.96 bits per heavy atom. The molecule has 0 saturated carbocycles. The summed E-state index contributed by atoms with van der Waals surface area (Å²) in [5, 5.41) is -0.194. The quantitative estimate of drug-likeness (QED) is 0.709. The van der Waals surface area contributed by atoms with Gasteiger partial charge in [0.05, 0.1) is 16.2 Å². The van der Waals surface area contributed by atoms with Gasteiger partial charge < -0.3 is 4.40 Å². The molecule has 1 N–H and O–H groups in total. The van der Waals surface area contributed by atoms with Gasteiger partial charge in [-0.05, 0) is 30.3 Å². The number of fused-ring (bicyclic) bond motifs is 1. The molecule has 3 aromatic rings. The molecule has 0 bridgehead atoms. The third-order valence-corrected chi connectivity index (χ3v) is 5.38. The van der Waals surface area contributed by atoms with Gasteiger partial charge in [-0.1, -0.05) is 17.7 Å². The lowest BCUT2D eigenvalue weighted by Gasteiger charge is -2.14. The van der Waals surface area contributed by atoms with Crippen molar-refractivity contribution in [3.8, 4) is 0 Å². The number of alkyl halides is 3. The Morgan fingerprint density at radius 3 is 2.65 bits per heavy atom. The lowest BCUT2D eigenvalue weighted by atomic mass is 10.2. The van der Waals surface area contributed by atoms with Crippen molar-refractivity contribution < 1.29 is 21.6 Å². The summed E-state index contributed by atoms with van der Waals surface area (Å²) >= 11 is 5.57. The minimum atomic E-state index is -4.84. The maximum Gasteiger partial charge on any atom is 0.417 e. The lowest BCUT2D eigenvalue weighted by molar-refractivity contribution is -0.139. The van der Waals surface area contributed by atoms with E-state index in [-0.39, 0.29) is 18.0 Å². The SMILES string of the molecule is O=S(=O)(NCCc1cn2ccccc2n1)c1ccc(Cl)cc1C(F)(F)F. The van der Waals surface area contributed by atoms with E-state index in [1.807, 2.05) is 12.1 Å². The van der Waals surface area contributed by atoms with Crippen LogP contribution in [-0.2, 0) is 22.6 Å². The minimum absolute atomic E-state index is 0.0911. The number of nitrogens with one attached hydrogen (secondary N) is 1. The van der Waals surface area contributed by atoms with Crippen LogP contribution in [0.2, 0.25) is 5.02 Å². The van der Waals surface area contributed by atoms with Crippen molar-refractivity contribution in [2.75, 3.05) is 6.54 Å². The van der Waals surface area contributed by atoms with E-state index in [0.29, 0.717) is 17.4 Å². The zero-order valence-electron chi connectivity index (χ0n) is 13.2. The van der Waals surface area contributed by atoms with Crippen molar-refractivity contribution in [1.82, 2.24) is 14.1 Å². The predicted octanol–water partition coefficient (Wildman–Crippen LogP) is 3.53. The minimum Gasteiger partial charge on any atom is -0.307 e. The molecular formula is C16H13ClF3N3O2S. The van der Waals surface area contributed by atoms with Gasteiger partial charge in [-0.2, -0.15) is 13.2 Å². The van der Waals surface area contributed by atoms with Crippen molar-refractivity contribution in [3.05, 3.63) is 65.1 Å². The average molecular weight is 404 g/mol. The molecule has 26 heavy (non-hydrogen) atoms. The number of rotatable bonds is 5. The predicted molar refractivity (Wildman–Crippen MR) is 90.5 cm³/mol. The topological polar surface area (TPSA) is 63.5 Å². The first-order valence-electron chi connectivity index (χ1n) is 7.46. The van der Waals surface area contributed by atoms with E-state index in [1.165, 1.54) is 0 Å². The van der Waals surface area contributed by atoms with Crippen LogP contribution in [0.3, 0.4) is 0 Å². The summed E-state index contributed by atoms with van der Waals surface area (Å²) in [6, 6.07) is 7.97. The Hall–Kier alpha value is -2.10. The molecule has 10 heteroatoms. The zero-order valence-corrected chi connectivity index (χ0v) is 14.7. The van der Waals surface area contributed by atoms with Crippen LogP contribution in [0.5, 0.6) is 0 Å². The molecule has 0 amide bonds. The van der Waals surface area contributed by atoms with E-state index < -0.39 is 26.7 Å². The fraction of sp³-hybridized carbons (Fsp3) is 0.188. The van der Waals surface area contributed by atoms with Crippen molar-refractivity contribution >= 4 is 27.3 Å². The Balaban J connectivity index is 1.77. The van der Waals surface area contributed by atoms with Gasteiger partial charge in [0, 0.05) is 30.4 Å². The Labute approximate surface area is 152 Å². The van der Waals surface area contributed by atoms with E-state index >= 15 is 0 Å². The molecule has 138 valence electrons. The second kappa shape index (κ2) is 6.90. The fourth-order valence-corrected chi connectivity index (χ4v) is 3.87. The van der Waals surface area contributed by atoms with E-state index in [1.54, 1.807) is 22.9 Å². The van der Waals surface area contributed by atoms with Crippen LogP contribution < -0.4 is 4.72 Å². The molecule has 1 aromatic carbocycles. The van der Waals surface area contributed by atoms with Gasteiger partial charge in [-0.25, -0.2) is 18.1 Å². The van der Waals surface area contributed by atoms with Crippen LogP contribution in [0.4, 0.5) is 13.2 Å². The van der Waals surface area contributed by atoms with Crippen LogP contribution in [0.1, 0.15) is 11.3 Å². The van der Waals surface area contributed by atoms with Crippen molar-refractivity contribution in [2.45, 2.75) is 17.5 Å². The number of imidazole rings is 1. The average Bonchev–Trinajstić information content (AvgIpc) is 2.96. The smallest absolute Gasteiger partial charge is 0.307 e. The van der Waals surface area contributed by atoms with Crippen LogP contribution in [-0.4, -0.2) is 24.3 Å². The van der Waals surface area contributed by atoms with Crippen molar-refractivity contribution in [2.24, 2.45) is 0 Å². The summed E-state index contributed by atoms with van der Waals surface area (Å²) in [4.78, 5) is 3.45. The molecular weight excluding hydrogens is 391 g/mol. The summed E-state index contributed by atoms with van der Waals surface area (Å²) in [7, 11) is -4.35. The third-order valence-electron chi connectivity index (χ3n) is 3.62. The number of hydrogen-bond acceptors (Lipinski definition) is 3. The van der Waals surface area contributed by atoms with E-state index in [0.717, 1.165) is 12.1 Å². The molecule has 0 spiro atoms. The molecule has 2 aromatic heterocycles. The molecule has 0 saturated heterocycles. The van der Waals surface area contributed by atoms with Crippen LogP contribution >= 0.6 is 11.6 Å². The monoisotopic (exact) mass is 403 g/mol. The number of halogens is 4. The molecule has 0 atom stereocenters. The van der Waals surface area contributed by atoms with Gasteiger partial charge >= 0.3 is 6.18 Å². The second-order valence-corrected chi connectivity index (χ2v) is 7.66. The lowest BCUT2D eigenvalue weighted by Crippen LogP contribution is -2.28. The largest absolute Gasteiger partial charge is 0.417 e. The van der Waals surface area contributed by atoms with Crippen LogP contribution in [0, 0.1) is 0 Å². The number of sulfonamides is 1. The van der Waals surface area contributed by atoms with E-state index in [9.17, 15) is 21.6 Å². The number of nitrogens with zero attached hydrogens (tertiary/aromatic N) is 2. The normalized spacial score (nSPS) is 12.6. The molecule has 0 aliphatic carbocycles. The highest BCUT2D eigenvalue weighted by Crippen LogP contribution is 2.35. The highest BCUT2D eigenvalue weighted by Gasteiger charge is 2.37. The first-order valence-corrected chi connectivity index (χ1v) is 9.32. The van der Waals surface area contributed by atoms with Gasteiger partial charge in [0.2, 0.25) is 10.0 Å². The summed E-state index contributed by atoms with van der Waals surface area (Å²) in [5.74, 6) is 0. The first kappa shape index (κ1) is 18.7.